The molecule has 0 radical (unpaired) electrons. The van der Waals surface area contributed by atoms with Crippen LogP contribution in [0.1, 0.15) is 0 Å². The normalized spacial score (nSPS) is 12.3. The quantitative estimate of drug-likeness (QED) is 0.159. The molecule has 24 rings (SSSR count). The van der Waals surface area contributed by atoms with E-state index in [-0.39, 0.29) is 0 Å². The van der Waals surface area contributed by atoms with Crippen LogP contribution < -0.4 is 0 Å². The highest BCUT2D eigenvalue weighted by Crippen LogP contribution is 2.47. The molecule has 0 bridgehead atoms. The molecular weight excluding hydrogens is 1310 g/mol. The molecule has 0 amide bonds. The van der Waals surface area contributed by atoms with Crippen molar-refractivity contribution < 1.29 is 4.42 Å². The number of hydrogen-bond acceptors (Lipinski definition) is 5. The van der Waals surface area contributed by atoms with Crippen LogP contribution in [0.25, 0.3) is 231 Å². The van der Waals surface area contributed by atoms with E-state index < -0.39 is 0 Å². The summed E-state index contributed by atoms with van der Waals surface area (Å²) in [5, 5.41) is 21.8. The number of furan rings is 1. The first-order valence-electron chi connectivity index (χ1n) is 36.4. The zero-order valence-corrected chi connectivity index (χ0v) is 57.3. The summed E-state index contributed by atoms with van der Waals surface area (Å²) >= 11 is 0. The minimum Gasteiger partial charge on any atom is -0.456 e. The Hall–Kier alpha value is -14.5. The van der Waals surface area contributed by atoms with E-state index in [0.29, 0.717) is 5.95 Å². The molecule has 24 aromatic rings. The maximum absolute atomic E-state index is 6.68. The summed E-state index contributed by atoms with van der Waals surface area (Å²) < 4.78 is 16.2. The van der Waals surface area contributed by atoms with Crippen LogP contribution in [0, 0.1) is 0 Å². The third kappa shape index (κ3) is 8.38. The number of aromatic nitrogens is 8. The van der Waals surface area contributed by atoms with Crippen LogP contribution in [0.5, 0.6) is 0 Å². The van der Waals surface area contributed by atoms with Crippen molar-refractivity contribution in [1.82, 2.24) is 38.2 Å². The van der Waals surface area contributed by atoms with Crippen molar-refractivity contribution in [1.29, 1.82) is 0 Å². The van der Waals surface area contributed by atoms with Gasteiger partial charge in [-0.25, -0.2) is 19.9 Å². The second-order valence-electron chi connectivity index (χ2n) is 28.4. The third-order valence-corrected chi connectivity index (χ3v) is 22.7. The molecule has 7 aromatic heterocycles. The van der Waals surface area contributed by atoms with E-state index in [0.717, 1.165) is 177 Å². The molecule has 9 heteroatoms. The monoisotopic (exact) mass is 1360 g/mol. The van der Waals surface area contributed by atoms with Crippen molar-refractivity contribution in [2.75, 3.05) is 0 Å². The Labute approximate surface area is 609 Å². The average molecular weight is 1360 g/mol. The van der Waals surface area contributed by atoms with E-state index in [2.05, 4.69) is 352 Å². The van der Waals surface area contributed by atoms with Gasteiger partial charge in [0.05, 0.1) is 66.4 Å². The third-order valence-electron chi connectivity index (χ3n) is 22.7. The molecule has 0 aliphatic carbocycles. The lowest BCUT2D eigenvalue weighted by Gasteiger charge is -2.15. The summed E-state index contributed by atoms with van der Waals surface area (Å²) in [4.78, 5) is 22.6. The highest BCUT2D eigenvalue weighted by molar-refractivity contribution is 6.26. The lowest BCUT2D eigenvalue weighted by atomic mass is 10.0. The lowest BCUT2D eigenvalue weighted by Crippen LogP contribution is -2.04. The summed E-state index contributed by atoms with van der Waals surface area (Å²) in [6.45, 7) is 0. The van der Waals surface area contributed by atoms with E-state index in [4.69, 9.17) is 24.4 Å². The molecule has 0 aliphatic rings. The molecule has 0 saturated heterocycles. The van der Waals surface area contributed by atoms with E-state index in [9.17, 15) is 0 Å². The van der Waals surface area contributed by atoms with Gasteiger partial charge >= 0.3 is 0 Å². The Morgan fingerprint density at radius 2 is 0.720 bits per heavy atom. The molecule has 0 spiro atoms. The molecule has 494 valence electrons. The number of benzene rings is 17. The Morgan fingerprint density at radius 3 is 1.44 bits per heavy atom. The van der Waals surface area contributed by atoms with Crippen molar-refractivity contribution in [3.05, 3.63) is 340 Å². The average Bonchev–Trinajstić information content (AvgIpc) is 1.57. The predicted molar refractivity (Wildman–Crippen MR) is 444 cm³/mol. The summed E-state index contributed by atoms with van der Waals surface area (Å²) in [7, 11) is 0. The maximum Gasteiger partial charge on any atom is 0.235 e. The first-order chi connectivity index (χ1) is 53.0. The van der Waals surface area contributed by atoms with Gasteiger partial charge in [-0.15, -0.1) is 0 Å². The van der Waals surface area contributed by atoms with Crippen LogP contribution >= 0.6 is 0 Å². The van der Waals surface area contributed by atoms with Crippen LogP contribution in [0.3, 0.4) is 0 Å². The van der Waals surface area contributed by atoms with Gasteiger partial charge in [0.15, 0.2) is 5.82 Å². The molecule has 0 atom stereocenters. The molecule has 0 N–H and O–H groups in total. The first-order valence-corrected chi connectivity index (χ1v) is 36.4. The van der Waals surface area contributed by atoms with E-state index in [1.807, 2.05) is 6.07 Å². The Kier molecular flexibility index (Phi) is 11.9. The second kappa shape index (κ2) is 22.0. The molecule has 0 fully saturated rings. The van der Waals surface area contributed by atoms with Gasteiger partial charge in [0.1, 0.15) is 16.9 Å². The number of fused-ring (bicyclic) bond motifs is 24. The van der Waals surface area contributed by atoms with Gasteiger partial charge in [0.25, 0.3) is 0 Å². The van der Waals surface area contributed by atoms with Gasteiger partial charge in [-0.2, -0.15) is 0 Å². The maximum atomic E-state index is 6.68. The molecule has 0 saturated carbocycles. The van der Waals surface area contributed by atoms with Gasteiger partial charge in [-0.3, -0.25) is 9.13 Å². The van der Waals surface area contributed by atoms with Gasteiger partial charge < -0.3 is 13.6 Å². The SMILES string of the molecule is c1ccc(-c2nc(-n3c4ccc(-n5c6ccc(-c7ccc8nc(-n9c%10ccc(-n%11c%12ccccc%12c%12c%13ccccc%13ccc%12%11)cc%10c%10c%11ccccc%11ccc%109)c(-c9cccc%10oc%11ccccc%11c9%10)nc8c7)cc6c6cc7ccccc7cc65)cc4c4c5ccccc5ccc43)nc3ccccc23)cc1. The molecule has 17 aromatic carbocycles. The molecule has 107 heavy (non-hydrogen) atoms. The van der Waals surface area contributed by atoms with E-state index in [1.54, 1.807) is 0 Å². The fourth-order valence-corrected chi connectivity index (χ4v) is 18.0. The zero-order valence-electron chi connectivity index (χ0n) is 57.3. The highest BCUT2D eigenvalue weighted by Gasteiger charge is 2.27. The standard InChI is InChI=1S/C98H56N8O/c1-2-22-60(23-3-1)95-70-29-12-15-33-78(70)101-98(102-95)106-84-50-43-66(56-77(84)93-69-28-11-8-21-59(69)40-48-87(93)106)104-82-45-41-63(52-74(82)75-51-61-24-4-5-25-62(61)54-88(75)104)64-37-44-79-80(53-64)99-96(73-32-18-36-90-94(73)72-31-14-17-35-89(72)107-90)97(100-79)105-83-49-42-65(55-76(83)92-68-27-10-7-20-58(68)39-47-86(92)105)103-81-34-16-13-30-71(81)91-67-26-9-6-19-57(67)38-46-85(91)103/h1-56H. The molecule has 9 nitrogen and oxygen atoms in total. The van der Waals surface area contributed by atoms with Crippen molar-refractivity contribution in [3.63, 3.8) is 0 Å². The largest absolute Gasteiger partial charge is 0.456 e. The molecule has 0 aliphatic heterocycles. The van der Waals surface area contributed by atoms with Crippen molar-refractivity contribution in [3.8, 4) is 56.8 Å². The summed E-state index contributed by atoms with van der Waals surface area (Å²) in [6.07, 6.45) is 0. The predicted octanol–water partition coefficient (Wildman–Crippen LogP) is 25.5. The fourth-order valence-electron chi connectivity index (χ4n) is 18.0. The number of rotatable bonds is 7. The number of hydrogen-bond donors (Lipinski definition) is 0. The van der Waals surface area contributed by atoms with Crippen LogP contribution in [0.15, 0.2) is 344 Å². The highest BCUT2D eigenvalue weighted by atomic mass is 16.3. The second-order valence-corrected chi connectivity index (χ2v) is 28.4. The minimum atomic E-state index is 0.624. The number of para-hydroxylation sites is 3. The Morgan fingerprint density at radius 1 is 0.215 bits per heavy atom. The van der Waals surface area contributed by atoms with Gasteiger partial charge in [-0.1, -0.05) is 224 Å². The van der Waals surface area contributed by atoms with Gasteiger partial charge in [-0.05, 0) is 169 Å². The fraction of sp³-hybridized carbons (Fsp3) is 0. The smallest absolute Gasteiger partial charge is 0.235 e. The lowest BCUT2D eigenvalue weighted by molar-refractivity contribution is 0.669. The summed E-state index contributed by atoms with van der Waals surface area (Å²) in [5.74, 6) is 1.35. The molecular formula is C98H56N8O. The van der Waals surface area contributed by atoms with Crippen LogP contribution in [0.4, 0.5) is 0 Å². The first kappa shape index (κ1) is 58.0. The van der Waals surface area contributed by atoms with Gasteiger partial charge in [0, 0.05) is 81.8 Å². The van der Waals surface area contributed by atoms with Crippen molar-refractivity contribution in [2.45, 2.75) is 0 Å². The number of nitrogens with zero attached hydrogens (tertiary/aromatic N) is 8. The molecule has 7 heterocycles. The minimum absolute atomic E-state index is 0.624. The summed E-state index contributed by atoms with van der Waals surface area (Å²) in [6, 6.07) is 123. The van der Waals surface area contributed by atoms with Crippen LogP contribution in [-0.4, -0.2) is 38.2 Å². The Bertz CT molecular complexity index is 8030. The van der Waals surface area contributed by atoms with Gasteiger partial charge in [0.2, 0.25) is 5.95 Å². The zero-order chi connectivity index (χ0) is 69.7. The Balaban J connectivity index is 0.709. The topological polar surface area (TPSA) is 84.4 Å². The van der Waals surface area contributed by atoms with E-state index >= 15 is 0 Å². The van der Waals surface area contributed by atoms with Crippen LogP contribution in [0.2, 0.25) is 0 Å². The molecule has 0 unspecified atom stereocenters. The van der Waals surface area contributed by atoms with Crippen LogP contribution in [-0.2, 0) is 0 Å². The summed E-state index contributed by atoms with van der Waals surface area (Å²) in [5.41, 5.74) is 20.6. The van der Waals surface area contributed by atoms with E-state index in [1.165, 1.54) is 48.5 Å². The van der Waals surface area contributed by atoms with Crippen molar-refractivity contribution in [2.24, 2.45) is 0 Å². The van der Waals surface area contributed by atoms with Crippen molar-refractivity contribution >= 4 is 174 Å².